The second-order valence-electron chi connectivity index (χ2n) is 8.66. The molecule has 0 unspecified atom stereocenters. The van der Waals surface area contributed by atoms with E-state index in [9.17, 15) is 14.4 Å². The van der Waals surface area contributed by atoms with E-state index in [1.165, 1.54) is 7.05 Å². The van der Waals surface area contributed by atoms with Crippen molar-refractivity contribution >= 4 is 28.7 Å². The molecule has 0 spiro atoms. The van der Waals surface area contributed by atoms with Crippen molar-refractivity contribution in [1.29, 1.82) is 0 Å². The van der Waals surface area contributed by atoms with Crippen LogP contribution in [0.3, 0.4) is 0 Å². The van der Waals surface area contributed by atoms with Crippen LogP contribution < -0.4 is 21.8 Å². The standard InChI is InChI=1S/C26H32N6O4/c1-3-32-24(27)22(26(35)28-2)23(34)19-8-9-20(30-25(19)32)18-6-4-17(5-7-18)16-21(33)29-10-11-31-12-14-36-15-13-31/h4-9H,3,10-16,27H2,1-2H3,(H,28,35)(H,29,33). The third-order valence-electron chi connectivity index (χ3n) is 6.39. The van der Waals surface area contributed by atoms with Gasteiger partial charge in [-0.3, -0.25) is 19.3 Å². The number of carbonyl (C=O) groups excluding carboxylic acids is 2. The SMILES string of the molecule is CCn1c(N)c(C(=O)NC)c(=O)c2ccc(-c3ccc(CC(=O)NCCN4CCOCC4)cc3)nc21. The molecule has 1 fully saturated rings. The first kappa shape index (κ1) is 25.3. The van der Waals surface area contributed by atoms with E-state index in [0.717, 1.165) is 44.0 Å². The Morgan fingerprint density at radius 3 is 2.50 bits per heavy atom. The number of hydrogen-bond acceptors (Lipinski definition) is 7. The van der Waals surface area contributed by atoms with Crippen LogP contribution in [-0.2, 0) is 22.5 Å². The maximum absolute atomic E-state index is 12.9. The summed E-state index contributed by atoms with van der Waals surface area (Å²) in [6.07, 6.45) is 0.294. The average molecular weight is 493 g/mol. The largest absolute Gasteiger partial charge is 0.384 e. The zero-order valence-electron chi connectivity index (χ0n) is 20.7. The van der Waals surface area contributed by atoms with Crippen LogP contribution in [0.25, 0.3) is 22.3 Å². The number of anilines is 1. The van der Waals surface area contributed by atoms with Gasteiger partial charge in [0.25, 0.3) is 5.91 Å². The highest BCUT2D eigenvalue weighted by molar-refractivity contribution is 6.01. The summed E-state index contributed by atoms with van der Waals surface area (Å²) < 4.78 is 7.01. The van der Waals surface area contributed by atoms with E-state index in [1.54, 1.807) is 16.7 Å². The minimum Gasteiger partial charge on any atom is -0.384 e. The molecule has 190 valence electrons. The molecule has 1 saturated heterocycles. The Hall–Kier alpha value is -3.76. The Morgan fingerprint density at radius 2 is 1.83 bits per heavy atom. The Bertz CT molecular complexity index is 1310. The fourth-order valence-electron chi connectivity index (χ4n) is 4.38. The lowest BCUT2D eigenvalue weighted by molar-refractivity contribution is -0.120. The normalized spacial score (nSPS) is 14.1. The van der Waals surface area contributed by atoms with Crippen LogP contribution in [0.2, 0.25) is 0 Å². The van der Waals surface area contributed by atoms with Crippen molar-refractivity contribution in [2.24, 2.45) is 0 Å². The van der Waals surface area contributed by atoms with Gasteiger partial charge in [0.2, 0.25) is 11.3 Å². The molecule has 1 aliphatic rings. The lowest BCUT2D eigenvalue weighted by Gasteiger charge is -2.26. The highest BCUT2D eigenvalue weighted by Crippen LogP contribution is 2.23. The summed E-state index contributed by atoms with van der Waals surface area (Å²) in [6.45, 7) is 7.04. The molecule has 1 aliphatic heterocycles. The first-order chi connectivity index (χ1) is 17.4. The predicted octanol–water partition coefficient (Wildman–Crippen LogP) is 1.02. The van der Waals surface area contributed by atoms with Crippen LogP contribution >= 0.6 is 0 Å². The monoisotopic (exact) mass is 492 g/mol. The number of nitrogens with zero attached hydrogens (tertiary/aromatic N) is 3. The Morgan fingerprint density at radius 1 is 1.11 bits per heavy atom. The average Bonchev–Trinajstić information content (AvgIpc) is 2.89. The summed E-state index contributed by atoms with van der Waals surface area (Å²) in [7, 11) is 1.46. The van der Waals surface area contributed by atoms with Gasteiger partial charge in [-0.1, -0.05) is 24.3 Å². The zero-order chi connectivity index (χ0) is 25.7. The minimum absolute atomic E-state index is 0.0193. The molecule has 0 bridgehead atoms. The van der Waals surface area contributed by atoms with E-state index in [1.807, 2.05) is 31.2 Å². The molecule has 36 heavy (non-hydrogen) atoms. The summed E-state index contributed by atoms with van der Waals surface area (Å²) in [5.74, 6) is -0.449. The fourth-order valence-corrected chi connectivity index (χ4v) is 4.38. The molecular weight excluding hydrogens is 460 g/mol. The van der Waals surface area contributed by atoms with Crippen LogP contribution in [0, 0.1) is 0 Å². The molecule has 0 saturated carbocycles. The van der Waals surface area contributed by atoms with Gasteiger partial charge in [-0.05, 0) is 24.6 Å². The number of aryl methyl sites for hydroxylation is 1. The summed E-state index contributed by atoms with van der Waals surface area (Å²) in [5.41, 5.74) is 8.50. The van der Waals surface area contributed by atoms with Crippen molar-refractivity contribution in [3.8, 4) is 11.3 Å². The number of carbonyl (C=O) groups is 2. The number of amides is 2. The van der Waals surface area contributed by atoms with Crippen molar-refractivity contribution in [2.45, 2.75) is 19.9 Å². The number of ether oxygens (including phenoxy) is 1. The van der Waals surface area contributed by atoms with Crippen LogP contribution in [0.5, 0.6) is 0 Å². The topological polar surface area (TPSA) is 132 Å². The Kier molecular flexibility index (Phi) is 7.97. The summed E-state index contributed by atoms with van der Waals surface area (Å²) in [6, 6.07) is 11.0. The molecule has 2 aromatic heterocycles. The van der Waals surface area contributed by atoms with Gasteiger partial charge in [-0.25, -0.2) is 4.98 Å². The smallest absolute Gasteiger partial charge is 0.258 e. The summed E-state index contributed by atoms with van der Waals surface area (Å²) in [4.78, 5) is 44.5. The lowest BCUT2D eigenvalue weighted by atomic mass is 10.1. The maximum atomic E-state index is 12.9. The molecule has 3 aromatic rings. The van der Waals surface area contributed by atoms with Gasteiger partial charge in [0.15, 0.2) is 0 Å². The van der Waals surface area contributed by atoms with E-state index >= 15 is 0 Å². The number of fused-ring (bicyclic) bond motifs is 1. The third kappa shape index (κ3) is 5.39. The molecule has 10 nitrogen and oxygen atoms in total. The van der Waals surface area contributed by atoms with Crippen molar-refractivity contribution in [3.63, 3.8) is 0 Å². The number of morpholine rings is 1. The highest BCUT2D eigenvalue weighted by Gasteiger charge is 2.20. The molecular formula is C26H32N6O4. The number of nitrogens with two attached hydrogens (primary N) is 1. The van der Waals surface area contributed by atoms with Gasteiger partial charge in [-0.15, -0.1) is 0 Å². The van der Waals surface area contributed by atoms with Crippen LogP contribution in [0.1, 0.15) is 22.8 Å². The molecule has 4 N–H and O–H groups in total. The highest BCUT2D eigenvalue weighted by atomic mass is 16.5. The van der Waals surface area contributed by atoms with E-state index in [2.05, 4.69) is 15.5 Å². The number of aromatic nitrogens is 2. The number of pyridine rings is 2. The van der Waals surface area contributed by atoms with Gasteiger partial charge in [0.1, 0.15) is 17.0 Å². The van der Waals surface area contributed by atoms with Gasteiger partial charge in [0, 0.05) is 45.3 Å². The molecule has 0 radical (unpaired) electrons. The molecule has 0 atom stereocenters. The van der Waals surface area contributed by atoms with Gasteiger partial charge in [0.05, 0.1) is 30.7 Å². The Balaban J connectivity index is 1.48. The van der Waals surface area contributed by atoms with Crippen molar-refractivity contribution in [2.75, 3.05) is 52.2 Å². The van der Waals surface area contributed by atoms with Crippen LogP contribution in [0.4, 0.5) is 5.82 Å². The van der Waals surface area contributed by atoms with Crippen molar-refractivity contribution in [1.82, 2.24) is 25.1 Å². The second-order valence-corrected chi connectivity index (χ2v) is 8.66. The summed E-state index contributed by atoms with van der Waals surface area (Å²) >= 11 is 0. The molecule has 1 aromatic carbocycles. The quantitative estimate of drug-likeness (QED) is 0.428. The maximum Gasteiger partial charge on any atom is 0.258 e. The molecule has 3 heterocycles. The third-order valence-corrected chi connectivity index (χ3v) is 6.39. The number of nitrogen functional groups attached to an aromatic ring is 1. The molecule has 10 heteroatoms. The van der Waals surface area contributed by atoms with Gasteiger partial charge in [-0.2, -0.15) is 0 Å². The van der Waals surface area contributed by atoms with Gasteiger partial charge >= 0.3 is 0 Å². The lowest BCUT2D eigenvalue weighted by Crippen LogP contribution is -2.41. The molecule has 0 aliphatic carbocycles. The number of benzene rings is 1. The Labute approximate surface area is 209 Å². The van der Waals surface area contributed by atoms with Crippen LogP contribution in [-0.4, -0.2) is 72.7 Å². The summed E-state index contributed by atoms with van der Waals surface area (Å²) in [5, 5.41) is 5.78. The number of nitrogens with one attached hydrogen (secondary N) is 2. The number of rotatable bonds is 8. The van der Waals surface area contributed by atoms with Crippen molar-refractivity contribution < 1.29 is 14.3 Å². The van der Waals surface area contributed by atoms with Gasteiger partial charge < -0.3 is 25.7 Å². The molecule has 4 rings (SSSR count). The van der Waals surface area contributed by atoms with Crippen LogP contribution in [0.15, 0.2) is 41.2 Å². The second kappa shape index (κ2) is 11.3. The minimum atomic E-state index is -0.522. The fraction of sp³-hybridized carbons (Fsp3) is 0.385. The van der Waals surface area contributed by atoms with E-state index in [0.29, 0.717) is 36.2 Å². The molecule has 2 amide bonds. The predicted molar refractivity (Wildman–Crippen MR) is 139 cm³/mol. The van der Waals surface area contributed by atoms with Crippen molar-refractivity contribution in [3.05, 3.63) is 57.7 Å². The van der Waals surface area contributed by atoms with E-state index in [4.69, 9.17) is 15.5 Å². The first-order valence-electron chi connectivity index (χ1n) is 12.1. The van der Waals surface area contributed by atoms with E-state index in [-0.39, 0.29) is 17.3 Å². The zero-order valence-corrected chi connectivity index (χ0v) is 20.7. The first-order valence-corrected chi connectivity index (χ1v) is 12.1. The van der Waals surface area contributed by atoms with E-state index < -0.39 is 11.3 Å². The number of hydrogen-bond donors (Lipinski definition) is 3.